The summed E-state index contributed by atoms with van der Waals surface area (Å²) in [4.78, 5) is 23.8. The van der Waals surface area contributed by atoms with Crippen LogP contribution in [0.25, 0.3) is 11.2 Å². The zero-order chi connectivity index (χ0) is 33.8. The van der Waals surface area contributed by atoms with E-state index in [0.29, 0.717) is 36.7 Å². The first-order valence-electron chi connectivity index (χ1n) is 15.8. The van der Waals surface area contributed by atoms with E-state index < -0.39 is 43.1 Å². The van der Waals surface area contributed by atoms with Gasteiger partial charge in [0.2, 0.25) is 0 Å². The molecule has 2 aromatic rings. The summed E-state index contributed by atoms with van der Waals surface area (Å²) in [6.45, 7) is 16.7. The van der Waals surface area contributed by atoms with Crippen molar-refractivity contribution in [2.24, 2.45) is 11.1 Å². The molecule has 0 radical (unpaired) electrons. The Bertz CT molecular complexity index is 1300. The summed E-state index contributed by atoms with van der Waals surface area (Å²) in [5, 5.41) is 34.0. The third-order valence-corrected chi connectivity index (χ3v) is 11.1. The molecule has 0 bridgehead atoms. The minimum Gasteiger partial charge on any atom is -0.388 e. The van der Waals surface area contributed by atoms with Crippen molar-refractivity contribution in [3.8, 4) is 0 Å². The van der Waals surface area contributed by atoms with Crippen LogP contribution < -0.4 is 11.1 Å². The largest absolute Gasteiger partial charge is 0.388 e. The second kappa shape index (κ2) is 14.6. The zero-order valence-electron chi connectivity index (χ0n) is 28.1. The molecule has 3 heterocycles. The van der Waals surface area contributed by atoms with Gasteiger partial charge in [-0.25, -0.2) is 15.0 Å². The lowest BCUT2D eigenvalue weighted by Crippen LogP contribution is -2.39. The highest BCUT2D eigenvalue weighted by molar-refractivity contribution is 7.54. The SMILES string of the molecule is CCC(O)(CC)P(=O)(O)OC(C)(C)CC1OC(n2cnc3c(NCC(C)(C)CCOC(C)(C)CCCN)ncnc32)C(O)C1O. The number of aromatic nitrogens is 4. The highest BCUT2D eigenvalue weighted by Gasteiger charge is 2.51. The van der Waals surface area contributed by atoms with Crippen molar-refractivity contribution in [1.29, 1.82) is 0 Å². The normalized spacial score (nSPS) is 23.0. The van der Waals surface area contributed by atoms with Crippen molar-refractivity contribution in [2.45, 2.75) is 135 Å². The van der Waals surface area contributed by atoms with Crippen LogP contribution in [0.5, 0.6) is 0 Å². The fraction of sp³-hybridized carbons (Fsp3) is 0.833. The number of anilines is 1. The molecule has 2 aromatic heterocycles. The van der Waals surface area contributed by atoms with Gasteiger partial charge in [0.25, 0.3) is 0 Å². The van der Waals surface area contributed by atoms with E-state index >= 15 is 0 Å². The Morgan fingerprint density at radius 3 is 2.33 bits per heavy atom. The second-order valence-electron chi connectivity index (χ2n) is 14.1. The molecule has 1 aliphatic rings. The average molecular weight is 659 g/mol. The van der Waals surface area contributed by atoms with Gasteiger partial charge < -0.3 is 45.3 Å². The lowest BCUT2D eigenvalue weighted by molar-refractivity contribution is -0.0642. The van der Waals surface area contributed by atoms with E-state index in [9.17, 15) is 24.8 Å². The molecule has 7 N–H and O–H groups in total. The van der Waals surface area contributed by atoms with E-state index in [2.05, 4.69) is 48.0 Å². The van der Waals surface area contributed by atoms with E-state index in [0.717, 1.165) is 19.3 Å². The molecule has 0 spiro atoms. The highest BCUT2D eigenvalue weighted by Crippen LogP contribution is 2.60. The fourth-order valence-electron chi connectivity index (χ4n) is 5.50. The zero-order valence-corrected chi connectivity index (χ0v) is 29.0. The quantitative estimate of drug-likeness (QED) is 0.127. The number of hydrogen-bond donors (Lipinski definition) is 6. The molecular formula is C30H55N6O8P. The van der Waals surface area contributed by atoms with Gasteiger partial charge >= 0.3 is 7.60 Å². The standard InChI is InChI=1S/C30H55N6O8P/c1-9-30(39,10-2)45(40,41)44-29(7,8)16-20-22(37)23(38)26(43-20)36-19-35-21-24(33-18-34-25(21)36)32-17-27(3,4)13-15-42-28(5,6)12-11-14-31/h18-20,22-23,26,37-39H,9-17,31H2,1-8H3,(H,40,41)(H,32,33,34). The molecule has 1 aliphatic heterocycles. The summed E-state index contributed by atoms with van der Waals surface area (Å²) in [5.74, 6) is 0.521. The summed E-state index contributed by atoms with van der Waals surface area (Å²) in [6.07, 6.45) is 0.884. The number of ether oxygens (including phenoxy) is 2. The predicted molar refractivity (Wildman–Crippen MR) is 172 cm³/mol. The van der Waals surface area contributed by atoms with Crippen LogP contribution in [0.15, 0.2) is 12.7 Å². The van der Waals surface area contributed by atoms with Gasteiger partial charge in [0.1, 0.15) is 18.5 Å². The first kappa shape index (κ1) is 37.7. The maximum atomic E-state index is 13.0. The Labute approximate surface area is 266 Å². The monoisotopic (exact) mass is 658 g/mol. The molecule has 258 valence electrons. The Morgan fingerprint density at radius 1 is 1.04 bits per heavy atom. The predicted octanol–water partition coefficient (Wildman–Crippen LogP) is 3.69. The number of aliphatic hydroxyl groups is 3. The van der Waals surface area contributed by atoms with E-state index in [-0.39, 0.29) is 30.3 Å². The number of aliphatic hydroxyl groups excluding tert-OH is 2. The van der Waals surface area contributed by atoms with Gasteiger partial charge in [-0.2, -0.15) is 0 Å². The van der Waals surface area contributed by atoms with Crippen LogP contribution in [0.4, 0.5) is 5.82 Å². The fourth-order valence-corrected chi connectivity index (χ4v) is 7.22. The van der Waals surface area contributed by atoms with Crippen molar-refractivity contribution in [3.05, 3.63) is 12.7 Å². The first-order valence-corrected chi connectivity index (χ1v) is 17.4. The van der Waals surface area contributed by atoms with Gasteiger partial charge in [-0.3, -0.25) is 9.13 Å². The molecule has 3 rings (SSSR count). The molecule has 1 fully saturated rings. The molecule has 1 saturated heterocycles. The summed E-state index contributed by atoms with van der Waals surface area (Å²) in [7, 11) is -4.46. The van der Waals surface area contributed by atoms with E-state index in [1.807, 2.05) is 0 Å². The minimum absolute atomic E-state index is 0.0307. The first-order chi connectivity index (χ1) is 20.8. The minimum atomic E-state index is -4.46. The Morgan fingerprint density at radius 2 is 1.71 bits per heavy atom. The number of rotatable bonds is 18. The molecule has 5 unspecified atom stereocenters. The van der Waals surface area contributed by atoms with Gasteiger partial charge in [0, 0.05) is 19.6 Å². The van der Waals surface area contributed by atoms with Crippen molar-refractivity contribution in [2.75, 3.05) is 25.0 Å². The van der Waals surface area contributed by atoms with Gasteiger partial charge in [0.05, 0.1) is 23.6 Å². The Kier molecular flexibility index (Phi) is 12.2. The van der Waals surface area contributed by atoms with Crippen LogP contribution >= 0.6 is 7.60 Å². The topological polar surface area (TPSA) is 207 Å². The molecule has 15 heteroatoms. The van der Waals surface area contributed by atoms with Gasteiger partial charge in [0.15, 0.2) is 28.6 Å². The lowest BCUT2D eigenvalue weighted by Gasteiger charge is -2.37. The maximum absolute atomic E-state index is 13.0. The average Bonchev–Trinajstić information content (AvgIpc) is 3.50. The van der Waals surface area contributed by atoms with Gasteiger partial charge in [-0.05, 0) is 71.8 Å². The summed E-state index contributed by atoms with van der Waals surface area (Å²) in [5.41, 5.74) is 4.89. The Hall–Kier alpha value is -1.74. The van der Waals surface area contributed by atoms with Crippen molar-refractivity contribution < 1.29 is 38.8 Å². The van der Waals surface area contributed by atoms with Gasteiger partial charge in [-0.15, -0.1) is 0 Å². The highest BCUT2D eigenvalue weighted by atomic mass is 31.2. The maximum Gasteiger partial charge on any atom is 0.359 e. The molecule has 0 aromatic carbocycles. The lowest BCUT2D eigenvalue weighted by atomic mass is 9.89. The summed E-state index contributed by atoms with van der Waals surface area (Å²) < 4.78 is 32.3. The number of hydrogen-bond acceptors (Lipinski definition) is 12. The number of imidazole rings is 1. The Balaban J connectivity index is 1.69. The number of nitrogens with two attached hydrogens (primary N) is 1. The van der Waals surface area contributed by atoms with Crippen molar-refractivity contribution in [1.82, 2.24) is 19.5 Å². The summed E-state index contributed by atoms with van der Waals surface area (Å²) in [6, 6.07) is 0. The van der Waals surface area contributed by atoms with Crippen LogP contribution in [0.2, 0.25) is 0 Å². The molecule has 0 aliphatic carbocycles. The number of nitrogens with zero attached hydrogens (tertiary/aromatic N) is 4. The van der Waals surface area contributed by atoms with Crippen molar-refractivity contribution >= 4 is 24.6 Å². The van der Waals surface area contributed by atoms with Crippen LogP contribution in [-0.2, 0) is 18.6 Å². The number of fused-ring (bicyclic) bond motifs is 1. The van der Waals surface area contributed by atoms with Crippen LogP contribution in [0.3, 0.4) is 0 Å². The second-order valence-corrected chi connectivity index (χ2v) is 16.2. The van der Waals surface area contributed by atoms with Crippen molar-refractivity contribution in [3.63, 3.8) is 0 Å². The molecular weight excluding hydrogens is 603 g/mol. The smallest absolute Gasteiger partial charge is 0.359 e. The number of nitrogens with one attached hydrogen (secondary N) is 1. The van der Waals surface area contributed by atoms with Crippen LogP contribution in [-0.4, -0.2) is 94.3 Å². The molecule has 5 atom stereocenters. The third kappa shape index (κ3) is 9.21. The van der Waals surface area contributed by atoms with Gasteiger partial charge in [-0.1, -0.05) is 27.7 Å². The molecule has 0 amide bonds. The molecule has 14 nitrogen and oxygen atoms in total. The third-order valence-electron chi connectivity index (χ3n) is 8.68. The molecule has 0 saturated carbocycles. The summed E-state index contributed by atoms with van der Waals surface area (Å²) >= 11 is 0. The van der Waals surface area contributed by atoms with E-state index in [4.69, 9.17) is 19.7 Å². The van der Waals surface area contributed by atoms with E-state index in [1.165, 1.54) is 17.2 Å². The van der Waals surface area contributed by atoms with E-state index in [1.54, 1.807) is 27.7 Å². The van der Waals surface area contributed by atoms with Crippen LogP contribution in [0.1, 0.15) is 100 Å². The molecule has 45 heavy (non-hydrogen) atoms. The van der Waals surface area contributed by atoms with Crippen LogP contribution in [0, 0.1) is 5.41 Å².